The molecule has 0 aromatic heterocycles. The first kappa shape index (κ1) is 8.74. The van der Waals surface area contributed by atoms with E-state index in [9.17, 15) is 4.79 Å². The van der Waals surface area contributed by atoms with Crippen LogP contribution in [0.1, 0.15) is 32.1 Å². The van der Waals surface area contributed by atoms with E-state index in [1.165, 1.54) is 25.7 Å². The van der Waals surface area contributed by atoms with Crippen molar-refractivity contribution in [2.75, 3.05) is 5.33 Å². The highest BCUT2D eigenvalue weighted by Gasteiger charge is 2.50. The molecule has 2 aliphatic rings. The number of carbonyl (C=O) groups is 1. The van der Waals surface area contributed by atoms with Crippen LogP contribution in [0.5, 0.6) is 0 Å². The SMILES string of the molecule is O=C1[C@H](CCCBr)[C@H]2CCC[C@@H]12. The van der Waals surface area contributed by atoms with Crippen LogP contribution in [0.15, 0.2) is 0 Å². The molecule has 0 aromatic rings. The fraction of sp³-hybridized carbons (Fsp3) is 0.900. The number of fused-ring (bicyclic) bond motifs is 1. The predicted octanol–water partition coefficient (Wildman–Crippen LogP) is 2.78. The van der Waals surface area contributed by atoms with Crippen LogP contribution in [-0.4, -0.2) is 11.1 Å². The first-order valence-electron chi connectivity index (χ1n) is 4.94. The summed E-state index contributed by atoms with van der Waals surface area (Å²) in [7, 11) is 0. The molecule has 0 aliphatic heterocycles. The third kappa shape index (κ3) is 1.24. The normalized spacial score (nSPS) is 39.4. The molecule has 0 spiro atoms. The van der Waals surface area contributed by atoms with Gasteiger partial charge in [-0.25, -0.2) is 0 Å². The van der Waals surface area contributed by atoms with Gasteiger partial charge in [-0.15, -0.1) is 0 Å². The first-order valence-corrected chi connectivity index (χ1v) is 6.06. The second kappa shape index (κ2) is 3.49. The topological polar surface area (TPSA) is 17.1 Å². The number of rotatable bonds is 3. The number of hydrogen-bond donors (Lipinski definition) is 0. The zero-order valence-corrected chi connectivity index (χ0v) is 8.85. The highest BCUT2D eigenvalue weighted by molar-refractivity contribution is 9.09. The van der Waals surface area contributed by atoms with E-state index in [-0.39, 0.29) is 0 Å². The van der Waals surface area contributed by atoms with Crippen LogP contribution in [0.4, 0.5) is 0 Å². The van der Waals surface area contributed by atoms with Gasteiger partial charge in [-0.2, -0.15) is 0 Å². The van der Waals surface area contributed by atoms with Crippen molar-refractivity contribution in [3.8, 4) is 0 Å². The molecule has 0 aromatic carbocycles. The monoisotopic (exact) mass is 230 g/mol. The van der Waals surface area contributed by atoms with Crippen LogP contribution in [0.2, 0.25) is 0 Å². The van der Waals surface area contributed by atoms with E-state index >= 15 is 0 Å². The van der Waals surface area contributed by atoms with Gasteiger partial charge < -0.3 is 0 Å². The van der Waals surface area contributed by atoms with Crippen LogP contribution < -0.4 is 0 Å². The maximum Gasteiger partial charge on any atom is 0.139 e. The van der Waals surface area contributed by atoms with Gasteiger partial charge in [0.25, 0.3) is 0 Å². The maximum atomic E-state index is 11.5. The predicted molar refractivity (Wildman–Crippen MR) is 52.4 cm³/mol. The summed E-state index contributed by atoms with van der Waals surface area (Å²) in [6.07, 6.45) is 6.11. The van der Waals surface area contributed by atoms with E-state index in [4.69, 9.17) is 0 Å². The summed E-state index contributed by atoms with van der Waals surface area (Å²) in [5, 5.41) is 1.05. The number of carbonyl (C=O) groups excluding carboxylic acids is 1. The molecule has 2 rings (SSSR count). The van der Waals surface area contributed by atoms with E-state index in [0.29, 0.717) is 17.6 Å². The van der Waals surface area contributed by atoms with Gasteiger partial charge in [-0.3, -0.25) is 4.79 Å². The Bertz CT molecular complexity index is 190. The number of halogens is 1. The molecule has 0 radical (unpaired) electrons. The lowest BCUT2D eigenvalue weighted by Gasteiger charge is -2.38. The second-order valence-corrected chi connectivity index (χ2v) is 4.83. The molecular weight excluding hydrogens is 216 g/mol. The lowest BCUT2D eigenvalue weighted by molar-refractivity contribution is -0.141. The summed E-state index contributed by atoms with van der Waals surface area (Å²) in [6.45, 7) is 0. The molecule has 0 saturated heterocycles. The minimum absolute atomic E-state index is 0.454. The van der Waals surface area contributed by atoms with Crippen molar-refractivity contribution in [1.29, 1.82) is 0 Å². The van der Waals surface area contributed by atoms with Crippen molar-refractivity contribution in [1.82, 2.24) is 0 Å². The molecule has 2 fully saturated rings. The Kier molecular flexibility index (Phi) is 2.54. The molecule has 0 heterocycles. The molecule has 2 heteroatoms. The Morgan fingerprint density at radius 1 is 1.42 bits per heavy atom. The van der Waals surface area contributed by atoms with Gasteiger partial charge in [-0.05, 0) is 31.6 Å². The van der Waals surface area contributed by atoms with Crippen molar-refractivity contribution in [3.63, 3.8) is 0 Å². The van der Waals surface area contributed by atoms with E-state index in [2.05, 4.69) is 15.9 Å². The Labute approximate surface area is 82.0 Å². The zero-order valence-electron chi connectivity index (χ0n) is 7.26. The fourth-order valence-corrected chi connectivity index (χ4v) is 3.17. The van der Waals surface area contributed by atoms with Crippen molar-refractivity contribution in [2.45, 2.75) is 32.1 Å². The van der Waals surface area contributed by atoms with Gasteiger partial charge in [0.2, 0.25) is 0 Å². The van der Waals surface area contributed by atoms with Crippen LogP contribution in [0.3, 0.4) is 0 Å². The van der Waals surface area contributed by atoms with E-state index in [1.807, 2.05) is 0 Å². The van der Waals surface area contributed by atoms with Crippen LogP contribution in [0, 0.1) is 17.8 Å². The van der Waals surface area contributed by atoms with Gasteiger partial charge >= 0.3 is 0 Å². The van der Waals surface area contributed by atoms with Gasteiger partial charge in [0.05, 0.1) is 0 Å². The lowest BCUT2D eigenvalue weighted by atomic mass is 9.64. The van der Waals surface area contributed by atoms with Crippen molar-refractivity contribution in [2.24, 2.45) is 17.8 Å². The molecule has 2 aliphatic carbocycles. The smallest absolute Gasteiger partial charge is 0.139 e. The van der Waals surface area contributed by atoms with Gasteiger partial charge in [0.1, 0.15) is 5.78 Å². The number of Topliss-reactive ketones (excluding diaryl/α,β-unsaturated/α-hetero) is 1. The standard InChI is InChI=1S/C10H15BrO/c11-6-2-5-9-7-3-1-4-8(7)10(9)12/h7-9H,1-6H2/t7-,8+,9+/m0/s1. The Balaban J connectivity index is 1.87. The summed E-state index contributed by atoms with van der Waals surface area (Å²) in [4.78, 5) is 11.5. The highest BCUT2D eigenvalue weighted by Crippen LogP contribution is 2.49. The molecule has 12 heavy (non-hydrogen) atoms. The summed E-state index contributed by atoms with van der Waals surface area (Å²) >= 11 is 3.41. The average molecular weight is 231 g/mol. The molecule has 0 amide bonds. The van der Waals surface area contributed by atoms with E-state index < -0.39 is 0 Å². The Morgan fingerprint density at radius 2 is 2.25 bits per heavy atom. The van der Waals surface area contributed by atoms with Gasteiger partial charge in [-0.1, -0.05) is 22.4 Å². The average Bonchev–Trinajstić information content (AvgIpc) is 2.49. The van der Waals surface area contributed by atoms with E-state index in [1.54, 1.807) is 0 Å². The highest BCUT2D eigenvalue weighted by atomic mass is 79.9. The van der Waals surface area contributed by atoms with Crippen LogP contribution in [-0.2, 0) is 4.79 Å². The van der Waals surface area contributed by atoms with Crippen molar-refractivity contribution >= 4 is 21.7 Å². The molecule has 2 saturated carbocycles. The minimum Gasteiger partial charge on any atom is -0.299 e. The van der Waals surface area contributed by atoms with Gasteiger partial charge in [0.15, 0.2) is 0 Å². The molecule has 3 atom stereocenters. The fourth-order valence-electron chi connectivity index (χ4n) is 2.84. The molecule has 0 N–H and O–H groups in total. The summed E-state index contributed by atoms with van der Waals surface area (Å²) in [5.74, 6) is 2.32. The minimum atomic E-state index is 0.454. The summed E-state index contributed by atoms with van der Waals surface area (Å²) in [6, 6.07) is 0. The maximum absolute atomic E-state index is 11.5. The molecule has 68 valence electrons. The zero-order chi connectivity index (χ0) is 8.55. The van der Waals surface area contributed by atoms with Crippen molar-refractivity contribution < 1.29 is 4.79 Å². The molecular formula is C10H15BrO. The first-order chi connectivity index (χ1) is 5.84. The Hall–Kier alpha value is 0.150. The molecule has 0 bridgehead atoms. The largest absolute Gasteiger partial charge is 0.299 e. The summed E-state index contributed by atoms with van der Waals surface area (Å²) < 4.78 is 0. The number of hydrogen-bond acceptors (Lipinski definition) is 1. The van der Waals surface area contributed by atoms with Crippen LogP contribution >= 0.6 is 15.9 Å². The number of alkyl halides is 1. The molecule has 0 unspecified atom stereocenters. The van der Waals surface area contributed by atoms with E-state index in [0.717, 1.165) is 17.7 Å². The Morgan fingerprint density at radius 3 is 3.00 bits per heavy atom. The quantitative estimate of drug-likeness (QED) is 0.682. The second-order valence-electron chi connectivity index (χ2n) is 4.04. The van der Waals surface area contributed by atoms with Crippen molar-refractivity contribution in [3.05, 3.63) is 0 Å². The third-order valence-electron chi connectivity index (χ3n) is 3.47. The summed E-state index contributed by atoms with van der Waals surface area (Å²) in [5.41, 5.74) is 0. The third-order valence-corrected chi connectivity index (χ3v) is 4.03. The molecule has 1 nitrogen and oxygen atoms in total. The lowest BCUT2D eigenvalue weighted by Crippen LogP contribution is -2.44. The van der Waals surface area contributed by atoms with Crippen LogP contribution in [0.25, 0.3) is 0 Å². The number of ketones is 1. The van der Waals surface area contributed by atoms with Gasteiger partial charge in [0, 0.05) is 17.2 Å².